The molecule has 0 heterocycles. The number of anilines is 1. The van der Waals surface area contributed by atoms with Crippen LogP contribution in [0.15, 0.2) is 24.3 Å². The summed E-state index contributed by atoms with van der Waals surface area (Å²) in [6.45, 7) is 4.66. The van der Waals surface area contributed by atoms with E-state index in [1.54, 1.807) is 24.3 Å². The van der Waals surface area contributed by atoms with E-state index in [0.717, 1.165) is 5.56 Å². The van der Waals surface area contributed by atoms with Crippen molar-refractivity contribution in [2.45, 2.75) is 20.3 Å². The van der Waals surface area contributed by atoms with Gasteiger partial charge >= 0.3 is 0 Å². The first kappa shape index (κ1) is 15.0. The first-order valence-corrected chi connectivity index (χ1v) is 6.35. The van der Waals surface area contributed by atoms with Gasteiger partial charge in [-0.2, -0.15) is 0 Å². The number of carbonyl (C=O) groups is 2. The Morgan fingerprint density at radius 1 is 1.11 bits per heavy atom. The Morgan fingerprint density at radius 2 is 1.74 bits per heavy atom. The van der Waals surface area contributed by atoms with Gasteiger partial charge in [0.05, 0.1) is 13.0 Å². The lowest BCUT2D eigenvalue weighted by atomic mass is 10.1. The van der Waals surface area contributed by atoms with Gasteiger partial charge in [-0.05, 0) is 23.6 Å². The number of hydrogen-bond donors (Lipinski definition) is 3. The normalized spacial score (nSPS) is 10.3. The molecule has 0 aliphatic heterocycles. The molecule has 0 fully saturated rings. The van der Waals surface area contributed by atoms with Gasteiger partial charge in [0.15, 0.2) is 0 Å². The highest BCUT2D eigenvalue weighted by atomic mass is 16.2. The Morgan fingerprint density at radius 3 is 2.32 bits per heavy atom. The maximum Gasteiger partial charge on any atom is 0.239 e. The molecule has 0 bridgehead atoms. The van der Waals surface area contributed by atoms with Crippen molar-refractivity contribution in [3.63, 3.8) is 0 Å². The predicted molar refractivity (Wildman–Crippen MR) is 75.4 cm³/mol. The number of benzene rings is 1. The SMILES string of the molecule is CC(C)CNC(=O)CNC(=O)Cc1ccc(N)cc1. The Kier molecular flexibility index (Phi) is 5.85. The quantitative estimate of drug-likeness (QED) is 0.661. The van der Waals surface area contributed by atoms with E-state index in [-0.39, 0.29) is 24.8 Å². The molecule has 0 unspecified atom stereocenters. The summed E-state index contributed by atoms with van der Waals surface area (Å²) in [6.07, 6.45) is 0.248. The van der Waals surface area contributed by atoms with E-state index >= 15 is 0 Å². The highest BCUT2D eigenvalue weighted by molar-refractivity contribution is 5.85. The molecular weight excluding hydrogens is 242 g/mol. The number of nitrogen functional groups attached to an aromatic ring is 1. The second kappa shape index (κ2) is 7.41. The number of carbonyl (C=O) groups excluding carboxylic acids is 2. The van der Waals surface area contributed by atoms with Gasteiger partial charge in [-0.3, -0.25) is 9.59 Å². The van der Waals surface area contributed by atoms with Crippen LogP contribution in [-0.4, -0.2) is 24.9 Å². The Balaban J connectivity index is 2.28. The van der Waals surface area contributed by atoms with E-state index < -0.39 is 0 Å². The zero-order valence-electron chi connectivity index (χ0n) is 11.4. The van der Waals surface area contributed by atoms with Gasteiger partial charge in [-0.1, -0.05) is 26.0 Å². The van der Waals surface area contributed by atoms with E-state index in [9.17, 15) is 9.59 Å². The van der Waals surface area contributed by atoms with E-state index in [2.05, 4.69) is 10.6 Å². The number of hydrogen-bond acceptors (Lipinski definition) is 3. The molecule has 5 heteroatoms. The predicted octanol–water partition coefficient (Wildman–Crippen LogP) is 0.700. The minimum Gasteiger partial charge on any atom is -0.399 e. The third kappa shape index (κ3) is 6.45. The monoisotopic (exact) mass is 263 g/mol. The van der Waals surface area contributed by atoms with Crippen LogP contribution >= 0.6 is 0 Å². The van der Waals surface area contributed by atoms with Crippen molar-refractivity contribution < 1.29 is 9.59 Å². The fourth-order valence-corrected chi connectivity index (χ4v) is 1.44. The van der Waals surface area contributed by atoms with E-state index in [1.807, 2.05) is 13.8 Å². The molecule has 1 aromatic carbocycles. The maximum absolute atomic E-state index is 11.6. The summed E-state index contributed by atoms with van der Waals surface area (Å²) in [5, 5.41) is 5.33. The standard InChI is InChI=1S/C14H21N3O2/c1-10(2)8-16-14(19)9-17-13(18)7-11-3-5-12(15)6-4-11/h3-6,10H,7-9,15H2,1-2H3,(H,16,19)(H,17,18). The number of nitrogens with one attached hydrogen (secondary N) is 2. The van der Waals surface area contributed by atoms with Gasteiger partial charge in [0.1, 0.15) is 0 Å². The van der Waals surface area contributed by atoms with Crippen LogP contribution in [0.5, 0.6) is 0 Å². The van der Waals surface area contributed by atoms with Crippen LogP contribution in [0.25, 0.3) is 0 Å². The molecule has 0 radical (unpaired) electrons. The molecule has 0 aliphatic carbocycles. The second-order valence-electron chi connectivity index (χ2n) is 4.89. The molecule has 1 rings (SSSR count). The summed E-state index contributed by atoms with van der Waals surface area (Å²) in [7, 11) is 0. The van der Waals surface area contributed by atoms with E-state index in [1.165, 1.54) is 0 Å². The molecule has 0 spiro atoms. The summed E-state index contributed by atoms with van der Waals surface area (Å²) >= 11 is 0. The number of amides is 2. The van der Waals surface area contributed by atoms with E-state index in [4.69, 9.17) is 5.73 Å². The summed E-state index contributed by atoms with van der Waals surface area (Å²) in [4.78, 5) is 23.0. The molecule has 19 heavy (non-hydrogen) atoms. The van der Waals surface area contributed by atoms with Gasteiger partial charge in [-0.25, -0.2) is 0 Å². The van der Waals surface area contributed by atoms with Crippen molar-refractivity contribution in [3.05, 3.63) is 29.8 Å². The summed E-state index contributed by atoms with van der Waals surface area (Å²) in [5.74, 6) is 0.0539. The van der Waals surface area contributed by atoms with Crippen LogP contribution in [0.4, 0.5) is 5.69 Å². The lowest BCUT2D eigenvalue weighted by Gasteiger charge is -2.08. The molecule has 0 aromatic heterocycles. The molecule has 2 amide bonds. The average molecular weight is 263 g/mol. The Bertz CT molecular complexity index is 427. The van der Waals surface area contributed by atoms with Gasteiger partial charge < -0.3 is 16.4 Å². The zero-order chi connectivity index (χ0) is 14.3. The minimum atomic E-state index is -0.176. The van der Waals surface area contributed by atoms with Gasteiger partial charge in [0.25, 0.3) is 0 Å². The van der Waals surface area contributed by atoms with Crippen LogP contribution < -0.4 is 16.4 Å². The van der Waals surface area contributed by atoms with Crippen molar-refractivity contribution in [2.24, 2.45) is 5.92 Å². The molecule has 104 valence electrons. The number of nitrogens with two attached hydrogens (primary N) is 1. The first-order valence-electron chi connectivity index (χ1n) is 6.35. The lowest BCUT2D eigenvalue weighted by Crippen LogP contribution is -2.38. The number of rotatable bonds is 6. The second-order valence-corrected chi connectivity index (χ2v) is 4.89. The van der Waals surface area contributed by atoms with Gasteiger partial charge in [0.2, 0.25) is 11.8 Å². The largest absolute Gasteiger partial charge is 0.399 e. The first-order chi connectivity index (χ1) is 8.97. The molecule has 0 aliphatic rings. The van der Waals surface area contributed by atoms with Crippen molar-refractivity contribution in [3.8, 4) is 0 Å². The molecule has 4 N–H and O–H groups in total. The van der Waals surface area contributed by atoms with Crippen LogP contribution in [0.3, 0.4) is 0 Å². The molecule has 0 atom stereocenters. The highest BCUT2D eigenvalue weighted by Gasteiger charge is 2.06. The molecule has 0 saturated heterocycles. The third-order valence-corrected chi connectivity index (χ3v) is 2.50. The maximum atomic E-state index is 11.6. The topological polar surface area (TPSA) is 84.2 Å². The van der Waals surface area contributed by atoms with Crippen LogP contribution in [0.2, 0.25) is 0 Å². The fraction of sp³-hybridized carbons (Fsp3) is 0.429. The van der Waals surface area contributed by atoms with Crippen molar-refractivity contribution in [2.75, 3.05) is 18.8 Å². The highest BCUT2D eigenvalue weighted by Crippen LogP contribution is 2.05. The fourth-order valence-electron chi connectivity index (χ4n) is 1.44. The van der Waals surface area contributed by atoms with Gasteiger partial charge in [-0.15, -0.1) is 0 Å². The summed E-state index contributed by atoms with van der Waals surface area (Å²) in [5.41, 5.74) is 7.09. The molecular formula is C14H21N3O2. The van der Waals surface area contributed by atoms with Crippen molar-refractivity contribution in [1.82, 2.24) is 10.6 Å². The Labute approximate surface area is 113 Å². The average Bonchev–Trinajstić information content (AvgIpc) is 2.36. The summed E-state index contributed by atoms with van der Waals surface area (Å²) < 4.78 is 0. The summed E-state index contributed by atoms with van der Waals surface area (Å²) in [6, 6.07) is 7.09. The van der Waals surface area contributed by atoms with Crippen LogP contribution in [0.1, 0.15) is 19.4 Å². The van der Waals surface area contributed by atoms with Gasteiger partial charge in [0, 0.05) is 12.2 Å². The van der Waals surface area contributed by atoms with Crippen molar-refractivity contribution in [1.29, 1.82) is 0 Å². The van der Waals surface area contributed by atoms with E-state index in [0.29, 0.717) is 18.2 Å². The molecule has 1 aromatic rings. The van der Waals surface area contributed by atoms with Crippen LogP contribution in [-0.2, 0) is 16.0 Å². The Hall–Kier alpha value is -2.04. The smallest absolute Gasteiger partial charge is 0.239 e. The third-order valence-electron chi connectivity index (χ3n) is 2.50. The van der Waals surface area contributed by atoms with Crippen LogP contribution in [0, 0.1) is 5.92 Å². The molecule has 5 nitrogen and oxygen atoms in total. The zero-order valence-corrected chi connectivity index (χ0v) is 11.4. The molecule has 0 saturated carbocycles. The minimum absolute atomic E-state index is 0.0144. The lowest BCUT2D eigenvalue weighted by molar-refractivity contribution is -0.125. The van der Waals surface area contributed by atoms with Crippen molar-refractivity contribution >= 4 is 17.5 Å².